The van der Waals surface area contributed by atoms with Gasteiger partial charge in [0, 0.05) is 25.7 Å². The van der Waals surface area contributed by atoms with E-state index in [0.717, 1.165) is 49.2 Å². The molecule has 0 N–H and O–H groups in total. The Labute approximate surface area is 200 Å². The third-order valence-electron chi connectivity index (χ3n) is 6.25. The Morgan fingerprint density at radius 2 is 1.71 bits per heavy atom. The van der Waals surface area contributed by atoms with Gasteiger partial charge in [-0.25, -0.2) is 4.39 Å². The van der Waals surface area contributed by atoms with Gasteiger partial charge >= 0.3 is 0 Å². The normalized spacial score (nSPS) is 15.6. The van der Waals surface area contributed by atoms with Gasteiger partial charge in [-0.2, -0.15) is 5.26 Å². The highest BCUT2D eigenvalue weighted by Crippen LogP contribution is 2.24. The molecule has 1 amide bonds. The van der Waals surface area contributed by atoms with Crippen molar-refractivity contribution < 1.29 is 13.9 Å². The van der Waals surface area contributed by atoms with Gasteiger partial charge in [0.05, 0.1) is 24.4 Å². The molecule has 1 atom stereocenters. The Kier molecular flexibility index (Phi) is 7.56. The zero-order valence-corrected chi connectivity index (χ0v) is 19.3. The average Bonchev–Trinajstić information content (AvgIpc) is 3.35. The number of nitrogens with zero attached hydrogens (tertiary/aromatic N) is 3. The molecule has 1 aliphatic heterocycles. The molecule has 0 spiro atoms. The van der Waals surface area contributed by atoms with Crippen LogP contribution in [0.4, 0.5) is 4.39 Å². The Balaban J connectivity index is 1.25. The summed E-state index contributed by atoms with van der Waals surface area (Å²) in [6.45, 7) is 2.38. The maximum atomic E-state index is 13.2. The van der Waals surface area contributed by atoms with Crippen molar-refractivity contribution >= 4 is 5.91 Å². The zero-order chi connectivity index (χ0) is 23.9. The predicted molar refractivity (Wildman–Crippen MR) is 130 cm³/mol. The summed E-state index contributed by atoms with van der Waals surface area (Å²) in [5.74, 6) is 0.389. The van der Waals surface area contributed by atoms with Crippen LogP contribution in [0.25, 0.3) is 11.1 Å². The molecule has 1 saturated heterocycles. The molecular formula is C28H28FN3O2. The summed E-state index contributed by atoms with van der Waals surface area (Å²) in [6.07, 6.45) is 2.88. The van der Waals surface area contributed by atoms with E-state index in [1.165, 1.54) is 24.3 Å². The largest absolute Gasteiger partial charge is 0.494 e. The minimum absolute atomic E-state index is 0.0456. The van der Waals surface area contributed by atoms with Crippen molar-refractivity contribution in [1.29, 1.82) is 5.26 Å². The lowest BCUT2D eigenvalue weighted by molar-refractivity contribution is 0.0525. The van der Waals surface area contributed by atoms with Gasteiger partial charge < -0.3 is 9.64 Å². The number of nitriles is 1. The summed E-state index contributed by atoms with van der Waals surface area (Å²) in [7, 11) is 1.82. The summed E-state index contributed by atoms with van der Waals surface area (Å²) >= 11 is 0. The minimum atomic E-state index is -0.342. The second-order valence-corrected chi connectivity index (χ2v) is 8.50. The van der Waals surface area contributed by atoms with Crippen LogP contribution < -0.4 is 4.74 Å². The number of carbonyl (C=O) groups is 1. The van der Waals surface area contributed by atoms with Crippen LogP contribution in [-0.2, 0) is 0 Å². The number of amides is 1. The molecule has 6 heteroatoms. The van der Waals surface area contributed by atoms with E-state index in [2.05, 4.69) is 11.0 Å². The first-order chi connectivity index (χ1) is 16.5. The SMILES string of the molecule is CN(C(=O)c1ccc(F)cc1)C1CCCN1CCCOc1ccc(-c2ccc(C#N)cc2)cc1. The number of ether oxygens (including phenoxy) is 1. The molecule has 34 heavy (non-hydrogen) atoms. The van der Waals surface area contributed by atoms with E-state index in [9.17, 15) is 9.18 Å². The fraction of sp³-hybridized carbons (Fsp3) is 0.286. The molecule has 0 saturated carbocycles. The standard InChI is InChI=1S/C28H28FN3O2/c1-31(28(33)24-9-13-25(29)14-10-24)27-4-2-17-32(27)18-3-19-34-26-15-11-23(12-16-26)22-7-5-21(20-30)6-8-22/h5-16,27H,2-4,17-19H2,1H3. The van der Waals surface area contributed by atoms with Gasteiger partial charge in [-0.3, -0.25) is 9.69 Å². The molecule has 5 nitrogen and oxygen atoms in total. The quantitative estimate of drug-likeness (QED) is 0.429. The molecule has 3 aromatic carbocycles. The summed E-state index contributed by atoms with van der Waals surface area (Å²) in [5.41, 5.74) is 3.29. The number of rotatable bonds is 8. The smallest absolute Gasteiger partial charge is 0.254 e. The van der Waals surface area contributed by atoms with Crippen LogP contribution in [0.15, 0.2) is 72.8 Å². The monoisotopic (exact) mass is 457 g/mol. The van der Waals surface area contributed by atoms with E-state index in [-0.39, 0.29) is 17.9 Å². The molecule has 0 radical (unpaired) electrons. The van der Waals surface area contributed by atoms with E-state index in [4.69, 9.17) is 10.00 Å². The topological polar surface area (TPSA) is 56.6 Å². The zero-order valence-electron chi connectivity index (χ0n) is 19.3. The van der Waals surface area contributed by atoms with Crippen molar-refractivity contribution in [1.82, 2.24) is 9.80 Å². The summed E-state index contributed by atoms with van der Waals surface area (Å²) in [6, 6.07) is 23.3. The Hall–Kier alpha value is -3.69. The van der Waals surface area contributed by atoms with Gasteiger partial charge in [0.1, 0.15) is 11.6 Å². The van der Waals surface area contributed by atoms with Crippen LogP contribution in [0.3, 0.4) is 0 Å². The van der Waals surface area contributed by atoms with Crippen LogP contribution in [-0.4, -0.2) is 48.6 Å². The van der Waals surface area contributed by atoms with Gasteiger partial charge in [0.25, 0.3) is 5.91 Å². The van der Waals surface area contributed by atoms with Gasteiger partial charge in [-0.1, -0.05) is 24.3 Å². The van der Waals surface area contributed by atoms with E-state index in [1.54, 1.807) is 4.90 Å². The Morgan fingerprint density at radius 3 is 2.35 bits per heavy atom. The lowest BCUT2D eigenvalue weighted by Gasteiger charge is -2.32. The molecule has 1 fully saturated rings. The first-order valence-electron chi connectivity index (χ1n) is 11.6. The maximum absolute atomic E-state index is 13.2. The minimum Gasteiger partial charge on any atom is -0.494 e. The average molecular weight is 458 g/mol. The third-order valence-corrected chi connectivity index (χ3v) is 6.25. The number of likely N-dealkylation sites (tertiary alicyclic amines) is 1. The number of hydrogen-bond acceptors (Lipinski definition) is 4. The van der Waals surface area contributed by atoms with Crippen LogP contribution >= 0.6 is 0 Å². The highest BCUT2D eigenvalue weighted by Gasteiger charge is 2.30. The number of halogens is 1. The van der Waals surface area contributed by atoms with Gasteiger partial charge in [-0.05, 0) is 78.9 Å². The van der Waals surface area contributed by atoms with Gasteiger partial charge in [-0.15, -0.1) is 0 Å². The molecule has 4 rings (SSSR count). The Bertz CT molecular complexity index is 1140. The summed E-state index contributed by atoms with van der Waals surface area (Å²) in [5, 5.41) is 8.93. The van der Waals surface area contributed by atoms with Gasteiger partial charge in [0.2, 0.25) is 0 Å². The van der Waals surface area contributed by atoms with E-state index in [0.29, 0.717) is 17.7 Å². The summed E-state index contributed by atoms with van der Waals surface area (Å²) in [4.78, 5) is 16.9. The van der Waals surface area contributed by atoms with Crippen molar-refractivity contribution in [3.8, 4) is 22.9 Å². The lowest BCUT2D eigenvalue weighted by atomic mass is 10.0. The van der Waals surface area contributed by atoms with Crippen molar-refractivity contribution in [2.45, 2.75) is 25.4 Å². The molecule has 0 aromatic heterocycles. The number of benzene rings is 3. The molecule has 3 aromatic rings. The van der Waals surface area contributed by atoms with Crippen LogP contribution in [0.5, 0.6) is 5.75 Å². The third kappa shape index (κ3) is 5.62. The van der Waals surface area contributed by atoms with Crippen LogP contribution in [0, 0.1) is 17.1 Å². The predicted octanol–water partition coefficient (Wildman–Crippen LogP) is 5.33. The maximum Gasteiger partial charge on any atom is 0.254 e. The molecule has 174 valence electrons. The number of hydrogen-bond donors (Lipinski definition) is 0. The highest BCUT2D eigenvalue weighted by atomic mass is 19.1. The van der Waals surface area contributed by atoms with Crippen LogP contribution in [0.2, 0.25) is 0 Å². The second kappa shape index (κ2) is 11.0. The Morgan fingerprint density at radius 1 is 1.06 bits per heavy atom. The van der Waals surface area contributed by atoms with E-state index < -0.39 is 0 Å². The summed E-state index contributed by atoms with van der Waals surface area (Å²) < 4.78 is 19.1. The molecular weight excluding hydrogens is 429 g/mol. The van der Waals surface area contributed by atoms with E-state index >= 15 is 0 Å². The fourth-order valence-corrected chi connectivity index (χ4v) is 4.38. The molecule has 1 heterocycles. The van der Waals surface area contributed by atoms with Crippen molar-refractivity contribution in [2.75, 3.05) is 26.7 Å². The number of carbonyl (C=O) groups excluding carboxylic acids is 1. The van der Waals surface area contributed by atoms with Crippen molar-refractivity contribution in [3.63, 3.8) is 0 Å². The first kappa shape index (κ1) is 23.5. The molecule has 0 aliphatic carbocycles. The second-order valence-electron chi connectivity index (χ2n) is 8.50. The molecule has 1 unspecified atom stereocenters. The fourth-order valence-electron chi connectivity index (χ4n) is 4.38. The van der Waals surface area contributed by atoms with E-state index in [1.807, 2.05) is 55.6 Å². The van der Waals surface area contributed by atoms with Gasteiger partial charge in [0.15, 0.2) is 0 Å². The first-order valence-corrected chi connectivity index (χ1v) is 11.6. The molecule has 0 bridgehead atoms. The molecule has 1 aliphatic rings. The highest BCUT2D eigenvalue weighted by molar-refractivity contribution is 5.94. The van der Waals surface area contributed by atoms with Crippen LogP contribution in [0.1, 0.15) is 35.2 Å². The lowest BCUT2D eigenvalue weighted by Crippen LogP contribution is -2.46. The van der Waals surface area contributed by atoms with Crippen molar-refractivity contribution in [3.05, 3.63) is 89.7 Å². The van der Waals surface area contributed by atoms with Crippen molar-refractivity contribution in [2.24, 2.45) is 0 Å².